The van der Waals surface area contributed by atoms with Gasteiger partial charge in [-0.05, 0) is 36.8 Å². The Morgan fingerprint density at radius 3 is 2.62 bits per heavy atom. The summed E-state index contributed by atoms with van der Waals surface area (Å²) in [6, 6.07) is 11.2. The molecule has 0 radical (unpaired) electrons. The van der Waals surface area contributed by atoms with Gasteiger partial charge in [0.2, 0.25) is 5.91 Å². The van der Waals surface area contributed by atoms with Gasteiger partial charge in [-0.15, -0.1) is 0 Å². The number of carbonyl (C=O) groups excluding carboxylic acids is 1. The van der Waals surface area contributed by atoms with Crippen molar-refractivity contribution in [2.75, 3.05) is 13.7 Å². The molecule has 3 aromatic rings. The van der Waals surface area contributed by atoms with Crippen LogP contribution in [0.3, 0.4) is 0 Å². The van der Waals surface area contributed by atoms with Crippen LogP contribution >= 0.6 is 0 Å². The number of fused-ring (bicyclic) bond motifs is 1. The van der Waals surface area contributed by atoms with Crippen LogP contribution in [-0.2, 0) is 17.9 Å². The van der Waals surface area contributed by atoms with Gasteiger partial charge in [-0.1, -0.05) is 18.2 Å². The van der Waals surface area contributed by atoms with Crippen molar-refractivity contribution >= 4 is 16.8 Å². The summed E-state index contributed by atoms with van der Waals surface area (Å²) >= 11 is 0. The lowest BCUT2D eigenvalue weighted by Crippen LogP contribution is -2.33. The summed E-state index contributed by atoms with van der Waals surface area (Å²) in [6.45, 7) is -0.701. The number of para-hydroxylation sites is 1. The van der Waals surface area contributed by atoms with E-state index in [1.807, 2.05) is 0 Å². The SMILES string of the molecule is CCOc1cc(CN(C)C(=O)CCn2c(=O)[nH]c(=O)c3ccccc32)ccc1OC(F)F. The monoisotopic (exact) mass is 447 g/mol. The molecule has 1 heterocycles. The molecule has 0 saturated carbocycles. The van der Waals surface area contributed by atoms with Crippen LogP contribution in [0.15, 0.2) is 52.1 Å². The first-order valence-electron chi connectivity index (χ1n) is 9.96. The zero-order chi connectivity index (χ0) is 23.3. The number of amides is 1. The maximum atomic E-state index is 12.6. The molecule has 1 amide bonds. The molecule has 0 aliphatic heterocycles. The maximum Gasteiger partial charge on any atom is 0.387 e. The average Bonchev–Trinajstić information content (AvgIpc) is 2.75. The molecule has 0 fully saturated rings. The Morgan fingerprint density at radius 2 is 1.91 bits per heavy atom. The number of halogens is 2. The van der Waals surface area contributed by atoms with E-state index in [1.54, 1.807) is 50.4 Å². The van der Waals surface area contributed by atoms with Gasteiger partial charge in [-0.3, -0.25) is 19.1 Å². The first kappa shape index (κ1) is 23.0. The van der Waals surface area contributed by atoms with Gasteiger partial charge in [0, 0.05) is 26.6 Å². The van der Waals surface area contributed by atoms with E-state index < -0.39 is 17.9 Å². The third kappa shape index (κ3) is 5.32. The molecule has 0 saturated heterocycles. The van der Waals surface area contributed by atoms with Gasteiger partial charge in [-0.25, -0.2) is 4.79 Å². The largest absolute Gasteiger partial charge is 0.490 e. The molecular formula is C22H23F2N3O5. The molecule has 0 bridgehead atoms. The Hall–Kier alpha value is -3.69. The number of hydrogen-bond donors (Lipinski definition) is 1. The number of hydrogen-bond acceptors (Lipinski definition) is 5. The lowest BCUT2D eigenvalue weighted by molar-refractivity contribution is -0.130. The highest BCUT2D eigenvalue weighted by Crippen LogP contribution is 2.30. The van der Waals surface area contributed by atoms with Crippen LogP contribution in [0.4, 0.5) is 8.78 Å². The van der Waals surface area contributed by atoms with Crippen LogP contribution < -0.4 is 20.7 Å². The molecule has 32 heavy (non-hydrogen) atoms. The van der Waals surface area contributed by atoms with Crippen LogP contribution in [0.5, 0.6) is 11.5 Å². The fourth-order valence-corrected chi connectivity index (χ4v) is 3.34. The maximum absolute atomic E-state index is 12.6. The molecule has 2 aromatic carbocycles. The number of H-pyrrole nitrogens is 1. The van der Waals surface area contributed by atoms with Crippen molar-refractivity contribution in [2.45, 2.75) is 33.0 Å². The van der Waals surface area contributed by atoms with Gasteiger partial charge < -0.3 is 14.4 Å². The number of benzene rings is 2. The van der Waals surface area contributed by atoms with Gasteiger partial charge in [0.15, 0.2) is 11.5 Å². The Morgan fingerprint density at radius 1 is 1.16 bits per heavy atom. The summed E-state index contributed by atoms with van der Waals surface area (Å²) in [7, 11) is 1.60. The minimum Gasteiger partial charge on any atom is -0.490 e. The molecule has 1 aromatic heterocycles. The van der Waals surface area contributed by atoms with Crippen molar-refractivity contribution < 1.29 is 23.0 Å². The lowest BCUT2D eigenvalue weighted by Gasteiger charge is -2.19. The number of carbonyl (C=O) groups is 1. The quantitative estimate of drug-likeness (QED) is 0.545. The Labute approximate surface area is 182 Å². The second-order valence-corrected chi connectivity index (χ2v) is 7.02. The highest BCUT2D eigenvalue weighted by molar-refractivity contribution is 5.78. The predicted octanol–water partition coefficient (Wildman–Crippen LogP) is 2.74. The summed E-state index contributed by atoms with van der Waals surface area (Å²) in [5.74, 6) is -0.153. The zero-order valence-electron chi connectivity index (χ0n) is 17.6. The summed E-state index contributed by atoms with van der Waals surface area (Å²) in [5.41, 5.74) is 0.0556. The standard InChI is InChI=1S/C22H23F2N3O5/c1-3-31-18-12-14(8-9-17(18)32-21(23)24)13-26(2)19(28)10-11-27-16-7-5-4-6-15(16)20(29)25-22(27)30/h4-9,12,21H,3,10-11,13H2,1-2H3,(H,25,29,30). The number of rotatable bonds is 9. The first-order chi connectivity index (χ1) is 15.3. The smallest absolute Gasteiger partial charge is 0.387 e. The molecule has 0 unspecified atom stereocenters. The number of alkyl halides is 2. The molecule has 0 aliphatic carbocycles. The van der Waals surface area contributed by atoms with Crippen molar-refractivity contribution in [3.05, 3.63) is 68.9 Å². The fourth-order valence-electron chi connectivity index (χ4n) is 3.34. The molecular weight excluding hydrogens is 424 g/mol. The van der Waals surface area contributed by atoms with Crippen LogP contribution in [-0.4, -0.2) is 40.6 Å². The first-order valence-corrected chi connectivity index (χ1v) is 9.96. The molecule has 0 spiro atoms. The lowest BCUT2D eigenvalue weighted by atomic mass is 10.2. The zero-order valence-corrected chi connectivity index (χ0v) is 17.6. The molecule has 1 N–H and O–H groups in total. The second kappa shape index (κ2) is 10.1. The van der Waals surface area contributed by atoms with E-state index in [2.05, 4.69) is 9.72 Å². The normalized spacial score (nSPS) is 11.0. The van der Waals surface area contributed by atoms with Gasteiger partial charge in [0.25, 0.3) is 5.56 Å². The van der Waals surface area contributed by atoms with E-state index in [-0.39, 0.29) is 43.5 Å². The predicted molar refractivity (Wildman–Crippen MR) is 114 cm³/mol. The summed E-state index contributed by atoms with van der Waals surface area (Å²) < 4.78 is 36.3. The van der Waals surface area contributed by atoms with Crippen LogP contribution in [0.2, 0.25) is 0 Å². The minimum atomic E-state index is -2.98. The van der Waals surface area contributed by atoms with E-state index in [9.17, 15) is 23.2 Å². The number of aryl methyl sites for hydroxylation is 1. The van der Waals surface area contributed by atoms with Crippen molar-refractivity contribution in [3.8, 4) is 11.5 Å². The van der Waals surface area contributed by atoms with E-state index in [4.69, 9.17) is 4.74 Å². The minimum absolute atomic E-state index is 0.0251. The van der Waals surface area contributed by atoms with Gasteiger partial charge in [0.1, 0.15) is 0 Å². The Kier molecular flexibility index (Phi) is 7.24. The molecule has 3 rings (SSSR count). The number of ether oxygens (including phenoxy) is 2. The van der Waals surface area contributed by atoms with E-state index in [1.165, 1.54) is 15.5 Å². The molecule has 0 aliphatic rings. The van der Waals surface area contributed by atoms with E-state index in [0.29, 0.717) is 16.5 Å². The van der Waals surface area contributed by atoms with Crippen LogP contribution in [0.25, 0.3) is 10.9 Å². The van der Waals surface area contributed by atoms with Crippen molar-refractivity contribution in [3.63, 3.8) is 0 Å². The summed E-state index contributed by atoms with van der Waals surface area (Å²) in [6.07, 6.45) is 0.0251. The van der Waals surface area contributed by atoms with E-state index in [0.717, 1.165) is 0 Å². The van der Waals surface area contributed by atoms with E-state index >= 15 is 0 Å². The summed E-state index contributed by atoms with van der Waals surface area (Å²) in [4.78, 5) is 40.5. The van der Waals surface area contributed by atoms with Crippen molar-refractivity contribution in [2.24, 2.45) is 0 Å². The number of aromatic amines is 1. The van der Waals surface area contributed by atoms with Gasteiger partial charge >= 0.3 is 12.3 Å². The van der Waals surface area contributed by atoms with Crippen molar-refractivity contribution in [1.29, 1.82) is 0 Å². The molecule has 170 valence electrons. The second-order valence-electron chi connectivity index (χ2n) is 7.02. The Balaban J connectivity index is 1.71. The summed E-state index contributed by atoms with van der Waals surface area (Å²) in [5, 5.41) is 0.363. The highest BCUT2D eigenvalue weighted by atomic mass is 19.3. The van der Waals surface area contributed by atoms with Gasteiger partial charge in [0.05, 0.1) is 17.5 Å². The highest BCUT2D eigenvalue weighted by Gasteiger charge is 2.15. The molecule has 10 heteroatoms. The molecule has 0 atom stereocenters. The van der Waals surface area contributed by atoms with Crippen LogP contribution in [0, 0.1) is 0 Å². The van der Waals surface area contributed by atoms with Gasteiger partial charge in [-0.2, -0.15) is 8.78 Å². The topological polar surface area (TPSA) is 93.6 Å². The number of nitrogens with one attached hydrogen (secondary N) is 1. The third-order valence-electron chi connectivity index (χ3n) is 4.82. The Bertz CT molecular complexity index is 1220. The average molecular weight is 447 g/mol. The van der Waals surface area contributed by atoms with Crippen molar-refractivity contribution in [1.82, 2.24) is 14.5 Å². The fraction of sp³-hybridized carbons (Fsp3) is 0.318. The third-order valence-corrected chi connectivity index (χ3v) is 4.82. The molecule has 8 nitrogen and oxygen atoms in total. The van der Waals surface area contributed by atoms with Crippen LogP contribution in [0.1, 0.15) is 18.9 Å². The number of aromatic nitrogens is 2. The number of nitrogens with zero attached hydrogens (tertiary/aromatic N) is 2.